The first-order chi connectivity index (χ1) is 20.9. The zero-order valence-electron chi connectivity index (χ0n) is 26.8. The van der Waals surface area contributed by atoms with Crippen LogP contribution in [-0.2, 0) is 12.0 Å². The van der Waals surface area contributed by atoms with Gasteiger partial charge in [0.15, 0.2) is 0 Å². The SMILES string of the molecule is CCC[CH2][Zr](=[SiH2])([Cl])([Cl])([CH2]CCC)([CH]1C(C)=Cc2c(-c3ccccc3)cccc21)[CH]1C(C)=Cc2c(-c3ccccc3)cccc21. The van der Waals surface area contributed by atoms with E-state index in [0.717, 1.165) is 33.9 Å². The van der Waals surface area contributed by atoms with Crippen molar-refractivity contribution in [3.05, 3.63) is 130 Å². The predicted octanol–water partition coefficient (Wildman–Crippen LogP) is 12.7. The van der Waals surface area contributed by atoms with Crippen molar-refractivity contribution in [2.75, 3.05) is 0 Å². The standard InChI is InChI=1S/2C16H13.2C4H9.2ClH.H2Si.Zr/c2*1-12-10-14-8-5-9-15(16(14)11-12)13-6-3-2-4-7-13;2*1-3-4-2;;;;/h2*2-11H,1H3;2*1,3-4H2,2H3;2*1H;1H2;/q;;;;;;;+2/p-2. The molecule has 0 saturated carbocycles. The summed E-state index contributed by atoms with van der Waals surface area (Å²) >= 11 is -6.09. The molecule has 2 aliphatic rings. The van der Waals surface area contributed by atoms with Crippen molar-refractivity contribution in [2.24, 2.45) is 0 Å². The van der Waals surface area contributed by atoms with Crippen molar-refractivity contribution in [3.8, 4) is 22.3 Å². The van der Waals surface area contributed by atoms with Crippen LogP contribution in [0.2, 0.25) is 8.26 Å². The van der Waals surface area contributed by atoms with Crippen molar-refractivity contribution in [3.63, 3.8) is 0 Å². The van der Waals surface area contributed by atoms with E-state index in [4.69, 9.17) is 0 Å². The van der Waals surface area contributed by atoms with Crippen molar-refractivity contribution < 1.29 is 12.0 Å². The van der Waals surface area contributed by atoms with Crippen LogP contribution >= 0.6 is 17.0 Å². The Labute approximate surface area is 267 Å². The van der Waals surface area contributed by atoms with Gasteiger partial charge >= 0.3 is 270 Å². The van der Waals surface area contributed by atoms with E-state index in [1.165, 1.54) is 55.7 Å². The van der Waals surface area contributed by atoms with Crippen LogP contribution < -0.4 is 0 Å². The average molecular weight is 717 g/mol. The molecule has 0 aromatic heterocycles. The normalized spacial score (nSPS) is 20.0. The summed E-state index contributed by atoms with van der Waals surface area (Å²) in [5.41, 5.74) is 12.9. The van der Waals surface area contributed by atoms with Gasteiger partial charge in [-0.25, -0.2) is 0 Å². The molecule has 2 atom stereocenters. The summed E-state index contributed by atoms with van der Waals surface area (Å²) in [7, 11) is 18.4. The van der Waals surface area contributed by atoms with Crippen molar-refractivity contribution in [2.45, 2.75) is 68.9 Å². The molecule has 0 aliphatic heterocycles. The van der Waals surface area contributed by atoms with Gasteiger partial charge in [0, 0.05) is 0 Å². The van der Waals surface area contributed by atoms with Gasteiger partial charge in [-0.3, -0.25) is 0 Å². The van der Waals surface area contributed by atoms with E-state index in [1.54, 1.807) is 0 Å². The van der Waals surface area contributed by atoms with Crippen molar-refractivity contribution >= 4 is 36.1 Å². The topological polar surface area (TPSA) is 0 Å². The van der Waals surface area contributed by atoms with Crippen molar-refractivity contribution in [1.29, 1.82) is 0 Å². The molecular weight excluding hydrogens is 671 g/mol. The molecule has 4 aromatic carbocycles. The monoisotopic (exact) mass is 714 g/mol. The summed E-state index contributed by atoms with van der Waals surface area (Å²) in [5.74, 6) is 0. The summed E-state index contributed by atoms with van der Waals surface area (Å²) in [5, 5.41) is 0. The van der Waals surface area contributed by atoms with Gasteiger partial charge in [-0.1, -0.05) is 0 Å². The van der Waals surface area contributed by atoms with Gasteiger partial charge in [-0.15, -0.1) is 0 Å². The Hall–Kier alpha value is -1.96. The zero-order valence-corrected chi connectivity index (χ0v) is 32.1. The Morgan fingerprint density at radius 2 is 0.955 bits per heavy atom. The van der Waals surface area contributed by atoms with Crippen LogP contribution in [0.1, 0.15) is 82.9 Å². The molecule has 44 heavy (non-hydrogen) atoms. The van der Waals surface area contributed by atoms with E-state index in [0.29, 0.717) is 0 Å². The Kier molecular flexibility index (Phi) is 7.66. The molecule has 0 saturated heterocycles. The Balaban J connectivity index is 1.70. The van der Waals surface area contributed by atoms with Crippen LogP contribution in [0.25, 0.3) is 34.4 Å². The minimum atomic E-state index is -6.09. The summed E-state index contributed by atoms with van der Waals surface area (Å²) in [6.45, 7) is 11.3. The third kappa shape index (κ3) is 4.69. The van der Waals surface area contributed by atoms with Gasteiger partial charge in [0.05, 0.1) is 0 Å². The summed E-state index contributed by atoms with van der Waals surface area (Å²) < 4.78 is 1.74. The number of unbranched alkanes of at least 4 members (excludes halogenated alkanes) is 2. The van der Waals surface area contributed by atoms with Crippen LogP contribution in [-0.4, -0.2) is 6.88 Å². The van der Waals surface area contributed by atoms with Gasteiger partial charge in [0.25, 0.3) is 0 Å². The van der Waals surface area contributed by atoms with Gasteiger partial charge < -0.3 is 0 Å². The second-order valence-electron chi connectivity index (χ2n) is 14.6. The number of halogens is 2. The third-order valence-corrected chi connectivity index (χ3v) is 53.6. The van der Waals surface area contributed by atoms with Gasteiger partial charge in [-0.2, -0.15) is 0 Å². The van der Waals surface area contributed by atoms with E-state index in [-0.39, 0.29) is 7.25 Å². The van der Waals surface area contributed by atoms with E-state index in [9.17, 15) is 17.0 Å². The number of allylic oxidation sites excluding steroid dienone is 2. The number of rotatable bonds is 10. The molecule has 4 heteroatoms. The van der Waals surface area contributed by atoms with E-state index >= 15 is 0 Å². The molecule has 4 aromatic rings. The van der Waals surface area contributed by atoms with Crippen LogP contribution in [0.15, 0.2) is 108 Å². The second-order valence-corrected chi connectivity index (χ2v) is 75.2. The van der Waals surface area contributed by atoms with Gasteiger partial charge in [0.1, 0.15) is 0 Å². The molecule has 2 aliphatic carbocycles. The fourth-order valence-electron chi connectivity index (χ4n) is 9.89. The molecule has 2 unspecified atom stereocenters. The van der Waals surface area contributed by atoms with E-state index in [1.807, 2.05) is 0 Å². The average Bonchev–Trinajstić information content (AvgIpc) is 3.58. The summed E-state index contributed by atoms with van der Waals surface area (Å²) in [6, 6.07) is 35.3. The quantitative estimate of drug-likeness (QED) is 0.143. The molecule has 0 N–H and O–H groups in total. The Morgan fingerprint density at radius 3 is 1.32 bits per heavy atom. The van der Waals surface area contributed by atoms with Gasteiger partial charge in [-0.05, 0) is 0 Å². The zero-order chi connectivity index (χ0) is 31.3. The molecule has 0 amide bonds. The van der Waals surface area contributed by atoms with Gasteiger partial charge in [0.2, 0.25) is 0 Å². The Morgan fingerprint density at radius 1 is 0.568 bits per heavy atom. The number of hydrogen-bond acceptors (Lipinski definition) is 0. The fraction of sp³-hybridized carbons (Fsp3) is 0.300. The van der Waals surface area contributed by atoms with E-state index in [2.05, 4.69) is 144 Å². The number of fused-ring (bicyclic) bond motifs is 2. The fourth-order valence-corrected chi connectivity index (χ4v) is 55.7. The van der Waals surface area contributed by atoms with E-state index < -0.39 is 12.0 Å². The molecule has 0 heterocycles. The van der Waals surface area contributed by atoms with Crippen LogP contribution in [0.4, 0.5) is 0 Å². The Bertz CT molecular complexity index is 1810. The maximum atomic E-state index is 9.21. The van der Waals surface area contributed by atoms with Crippen LogP contribution in [0.5, 0.6) is 0 Å². The molecule has 0 radical (unpaired) electrons. The third-order valence-electron chi connectivity index (χ3n) is 11.4. The predicted molar refractivity (Wildman–Crippen MR) is 196 cm³/mol. The molecule has 0 bridgehead atoms. The second kappa shape index (κ2) is 10.5. The molecule has 0 spiro atoms. The summed E-state index contributed by atoms with van der Waals surface area (Å²) in [6.07, 6.45) is 9.05. The van der Waals surface area contributed by atoms with Crippen LogP contribution in [0.3, 0.4) is 0 Å². The molecule has 228 valence electrons. The van der Waals surface area contributed by atoms with Crippen molar-refractivity contribution in [1.82, 2.24) is 0 Å². The maximum absolute atomic E-state index is 9.21. The minimum absolute atomic E-state index is 0.00940. The first-order valence-electron chi connectivity index (χ1n) is 16.5. The number of hydrogen-bond donors (Lipinski definition) is 0. The molecule has 0 fully saturated rings. The first kappa shape index (κ1) is 32.0. The molecular formula is C40H46Cl2SiZr. The van der Waals surface area contributed by atoms with Crippen LogP contribution in [0, 0.1) is 0 Å². The number of benzene rings is 4. The first-order valence-corrected chi connectivity index (χ1v) is 35.1. The molecule has 6 rings (SSSR count). The summed E-state index contributed by atoms with van der Waals surface area (Å²) in [4.78, 5) is 0. The molecule has 0 nitrogen and oxygen atoms in total.